The van der Waals surface area contributed by atoms with Crippen molar-refractivity contribution in [2.45, 2.75) is 0 Å². The van der Waals surface area contributed by atoms with Crippen molar-refractivity contribution in [1.82, 2.24) is 9.97 Å². The Morgan fingerprint density at radius 3 is 1.14 bits per heavy atom. The zero-order valence-corrected chi connectivity index (χ0v) is 14.7. The lowest BCUT2D eigenvalue weighted by Crippen LogP contribution is -2.01. The van der Waals surface area contributed by atoms with E-state index in [1.165, 1.54) is 12.1 Å². The molecule has 8 bridgehead atoms. The van der Waals surface area contributed by atoms with Gasteiger partial charge < -0.3 is 21.3 Å². The van der Waals surface area contributed by atoms with Crippen molar-refractivity contribution in [2.75, 3.05) is 21.3 Å². The van der Waals surface area contributed by atoms with Crippen LogP contribution in [0.25, 0.3) is 0 Å². The minimum atomic E-state index is 0.0984. The van der Waals surface area contributed by atoms with E-state index in [2.05, 4.69) is 31.2 Å². The third-order valence-corrected chi connectivity index (χ3v) is 4.06. The van der Waals surface area contributed by atoms with Gasteiger partial charge in [0.15, 0.2) is 0 Å². The summed E-state index contributed by atoms with van der Waals surface area (Å²) in [6.07, 6.45) is 0. The second kappa shape index (κ2) is 6.92. The molecule has 0 atom stereocenters. The minimum absolute atomic E-state index is 0.0984. The zero-order chi connectivity index (χ0) is 22.2. The Labute approximate surface area is 168 Å². The van der Waals surface area contributed by atoms with Gasteiger partial charge in [0.1, 0.15) is 23.3 Å². The molecule has 0 amide bonds. The lowest BCUT2D eigenvalue weighted by molar-refractivity contribution is 1.28. The van der Waals surface area contributed by atoms with E-state index in [-0.39, 0.29) is 24.2 Å². The molecule has 136 valence electrons. The molecule has 28 heavy (non-hydrogen) atoms. The summed E-state index contributed by atoms with van der Waals surface area (Å²) in [6.45, 7) is 0. The van der Waals surface area contributed by atoms with Crippen LogP contribution in [0.4, 0.5) is 46.0 Å². The predicted octanol–water partition coefficient (Wildman–Crippen LogP) is 5.76. The molecular weight excluding hydrogens is 348 g/mol. The molecule has 0 saturated carbocycles. The number of nitrogens with zero attached hydrogens (tertiary/aromatic N) is 2. The Bertz CT molecular complexity index is 1160. The van der Waals surface area contributed by atoms with Crippen molar-refractivity contribution in [3.8, 4) is 0 Å². The van der Waals surface area contributed by atoms with Gasteiger partial charge in [-0.3, -0.25) is 0 Å². The molecule has 6 heteroatoms. The van der Waals surface area contributed by atoms with Gasteiger partial charge in [-0.1, -0.05) is 24.3 Å². The summed E-state index contributed by atoms with van der Waals surface area (Å²) in [5.41, 5.74) is 2.71. The summed E-state index contributed by atoms with van der Waals surface area (Å²) >= 11 is 0. The van der Waals surface area contributed by atoms with Gasteiger partial charge >= 0.3 is 0 Å². The van der Waals surface area contributed by atoms with Crippen molar-refractivity contribution in [3.63, 3.8) is 0 Å². The van der Waals surface area contributed by atoms with Crippen LogP contribution < -0.4 is 21.3 Å². The summed E-state index contributed by atoms with van der Waals surface area (Å²) in [6, 6.07) is 17.8. The number of rotatable bonds is 0. The van der Waals surface area contributed by atoms with Gasteiger partial charge in [0.2, 0.25) is 0 Å². The maximum Gasteiger partial charge on any atom is 0.132 e. The van der Waals surface area contributed by atoms with E-state index < -0.39 is 0 Å². The quantitative estimate of drug-likeness (QED) is 0.277. The highest BCUT2D eigenvalue weighted by Crippen LogP contribution is 2.26. The topological polar surface area (TPSA) is 73.9 Å². The molecule has 1 aliphatic heterocycles. The molecule has 2 aromatic heterocycles. The van der Waals surface area contributed by atoms with Crippen molar-refractivity contribution in [3.05, 3.63) is 84.8 Å². The Hall–Kier alpha value is -4.06. The largest absolute Gasteiger partial charge is 0.340 e. The number of hydrogen-bond acceptors (Lipinski definition) is 6. The van der Waals surface area contributed by atoms with Crippen LogP contribution in [0.15, 0.2) is 84.8 Å². The van der Waals surface area contributed by atoms with E-state index in [1.54, 1.807) is 12.1 Å². The highest BCUT2D eigenvalue weighted by atomic mass is 15.1. The summed E-state index contributed by atoms with van der Waals surface area (Å²) in [5, 5.41) is 12.5. The zero-order valence-electron chi connectivity index (χ0n) is 18.7. The van der Waals surface area contributed by atoms with Crippen molar-refractivity contribution in [2.24, 2.45) is 0 Å². The molecule has 1 aliphatic rings. The average molecular weight is 370 g/mol. The first-order valence-corrected chi connectivity index (χ1v) is 8.69. The van der Waals surface area contributed by atoms with Crippen LogP contribution in [0.2, 0.25) is 0 Å². The van der Waals surface area contributed by atoms with Crippen molar-refractivity contribution in [1.29, 1.82) is 0 Å². The van der Waals surface area contributed by atoms with Crippen LogP contribution in [0.3, 0.4) is 0 Å². The molecule has 0 aliphatic carbocycles. The third kappa shape index (κ3) is 3.57. The molecule has 0 saturated heterocycles. The van der Waals surface area contributed by atoms with E-state index in [0.29, 0.717) is 46.0 Å². The maximum absolute atomic E-state index is 8.21. The van der Waals surface area contributed by atoms with Gasteiger partial charge in [0.25, 0.3) is 0 Å². The van der Waals surface area contributed by atoms with E-state index in [0.717, 1.165) is 0 Å². The highest BCUT2D eigenvalue weighted by molar-refractivity contribution is 5.70. The van der Waals surface area contributed by atoms with Gasteiger partial charge in [0.05, 0.1) is 5.48 Å². The summed E-state index contributed by atoms with van der Waals surface area (Å²) in [4.78, 5) is 8.90. The smallest absolute Gasteiger partial charge is 0.132 e. The van der Waals surface area contributed by atoms with E-state index in [9.17, 15) is 0 Å². The number of nitrogens with one attached hydrogen (secondary N) is 4. The second-order valence-electron chi connectivity index (χ2n) is 6.15. The number of fused-ring (bicyclic) bond motifs is 8. The monoisotopic (exact) mass is 370 g/mol. The van der Waals surface area contributed by atoms with Crippen LogP contribution in [-0.2, 0) is 0 Å². The van der Waals surface area contributed by atoms with Gasteiger partial charge in [-0.25, -0.2) is 9.97 Å². The normalized spacial score (nSPS) is 14.0. The first-order valence-electron chi connectivity index (χ1n) is 10.7. The number of anilines is 8. The lowest BCUT2D eigenvalue weighted by Gasteiger charge is -2.14. The van der Waals surface area contributed by atoms with E-state index >= 15 is 0 Å². The summed E-state index contributed by atoms with van der Waals surface area (Å²) in [7, 11) is 0. The summed E-state index contributed by atoms with van der Waals surface area (Å²) < 4.78 is 32.8. The molecule has 0 radical (unpaired) electrons. The molecule has 2 aromatic carbocycles. The van der Waals surface area contributed by atoms with Crippen LogP contribution >= 0.6 is 0 Å². The van der Waals surface area contributed by atoms with Crippen molar-refractivity contribution < 1.29 is 5.48 Å². The minimum Gasteiger partial charge on any atom is -0.340 e. The Kier molecular flexibility index (Phi) is 3.05. The van der Waals surface area contributed by atoms with Crippen LogP contribution in [0.1, 0.15) is 5.48 Å². The fourth-order valence-corrected chi connectivity index (χ4v) is 2.85. The fourth-order valence-electron chi connectivity index (χ4n) is 2.85. The number of benzene rings is 2. The summed E-state index contributed by atoms with van der Waals surface area (Å²) in [5.74, 6) is 1.23. The Morgan fingerprint density at radius 1 is 0.500 bits per heavy atom. The van der Waals surface area contributed by atoms with Gasteiger partial charge in [-0.15, -0.1) is 0 Å². The lowest BCUT2D eigenvalue weighted by atomic mass is 10.2. The molecule has 5 rings (SSSR count). The molecule has 0 unspecified atom stereocenters. The molecule has 6 nitrogen and oxygen atoms in total. The molecule has 4 aromatic rings. The van der Waals surface area contributed by atoms with Gasteiger partial charge in [-0.05, 0) is 60.6 Å². The fraction of sp³-hybridized carbons (Fsp3) is 0. The Balaban J connectivity index is 1.67. The first-order chi connectivity index (χ1) is 15.4. The Morgan fingerprint density at radius 2 is 0.821 bits per heavy atom. The standard InChI is InChI=1S/C22H18N6/c1-5-15-13-16(6-1)24-20-10-4-12-22(28-20)26-18-8-2-7-17(14-18)25-21-11-3-9-19(23-15)27-21/h1-14H,(H2,23,25,27)(H2,24,26,28)/i9D,10D,11D,12D. The number of hydrogen-bond donors (Lipinski definition) is 4. The van der Waals surface area contributed by atoms with E-state index in [4.69, 9.17) is 5.48 Å². The third-order valence-electron chi connectivity index (χ3n) is 4.06. The molecule has 4 N–H and O–H groups in total. The molecule has 3 heterocycles. The van der Waals surface area contributed by atoms with Crippen molar-refractivity contribution >= 4 is 46.0 Å². The van der Waals surface area contributed by atoms with E-state index in [1.807, 2.05) is 36.4 Å². The van der Waals surface area contributed by atoms with Gasteiger partial charge in [0, 0.05) is 22.7 Å². The van der Waals surface area contributed by atoms with Crippen LogP contribution in [0.5, 0.6) is 0 Å². The molecule has 0 spiro atoms. The maximum atomic E-state index is 8.21. The molecular formula is C22H18N6. The average Bonchev–Trinajstić information content (AvgIpc) is 2.75. The first kappa shape index (κ1) is 12.3. The SMILES string of the molecule is [2H]c1cc([2H])c2nc1Nc1cccc(c1)Nc1nc(c([2H])cc1[2H])Nc1cccc(c1)N2. The number of pyridine rings is 2. The molecule has 0 fully saturated rings. The highest BCUT2D eigenvalue weighted by Gasteiger charge is 2.05. The number of aromatic nitrogens is 2. The van der Waals surface area contributed by atoms with Gasteiger partial charge in [-0.2, -0.15) is 0 Å². The van der Waals surface area contributed by atoms with Crippen LogP contribution in [-0.4, -0.2) is 9.97 Å². The second-order valence-corrected chi connectivity index (χ2v) is 6.15. The predicted molar refractivity (Wildman–Crippen MR) is 114 cm³/mol. The van der Waals surface area contributed by atoms with Crippen LogP contribution in [0, 0.1) is 0 Å².